The molecule has 3 aromatic rings. The first kappa shape index (κ1) is 30.5. The molecule has 3 aromatic carbocycles. The van der Waals surface area contributed by atoms with Crippen molar-refractivity contribution in [3.05, 3.63) is 94.0 Å². The van der Waals surface area contributed by atoms with Crippen LogP contribution in [0.5, 0.6) is 0 Å². The van der Waals surface area contributed by atoms with Crippen LogP contribution in [0.4, 0.5) is 5.69 Å². The summed E-state index contributed by atoms with van der Waals surface area (Å²) in [5.74, 6) is -0.885. The van der Waals surface area contributed by atoms with E-state index in [4.69, 9.17) is 23.2 Å². The summed E-state index contributed by atoms with van der Waals surface area (Å²) in [6.07, 6.45) is 0.316. The maximum Gasteiger partial charge on any atom is 0.264 e. The second-order valence-corrected chi connectivity index (χ2v) is 12.1. The van der Waals surface area contributed by atoms with Crippen LogP contribution in [0.1, 0.15) is 38.3 Å². The number of sulfonamides is 1. The Balaban J connectivity index is 2.11. The summed E-state index contributed by atoms with van der Waals surface area (Å²) in [6.45, 7) is 6.64. The third-order valence-corrected chi connectivity index (χ3v) is 8.79. The number of nitrogens with zero attached hydrogens (tertiary/aromatic N) is 2. The van der Waals surface area contributed by atoms with Crippen LogP contribution in [0.2, 0.25) is 10.0 Å². The molecule has 1 N–H and O–H groups in total. The second kappa shape index (κ2) is 13.3. The molecule has 0 aliphatic heterocycles. The molecular formula is C29H33Cl2N3O4S. The normalized spacial score (nSPS) is 12.2. The van der Waals surface area contributed by atoms with Gasteiger partial charge in [-0.05, 0) is 68.7 Å². The van der Waals surface area contributed by atoms with Gasteiger partial charge in [0.1, 0.15) is 12.6 Å². The first-order valence-corrected chi connectivity index (χ1v) is 14.8. The fraction of sp³-hybridized carbons (Fsp3) is 0.310. The molecule has 0 radical (unpaired) electrons. The molecule has 0 aromatic heterocycles. The van der Waals surface area contributed by atoms with Gasteiger partial charge < -0.3 is 10.2 Å². The van der Waals surface area contributed by atoms with Crippen molar-refractivity contribution in [3.8, 4) is 0 Å². The average Bonchev–Trinajstić information content (AvgIpc) is 2.90. The Kier molecular flexibility index (Phi) is 10.4. The van der Waals surface area contributed by atoms with Crippen LogP contribution < -0.4 is 9.62 Å². The molecule has 1 atom stereocenters. The maximum atomic E-state index is 14.1. The van der Waals surface area contributed by atoms with Gasteiger partial charge in [0.2, 0.25) is 11.8 Å². The van der Waals surface area contributed by atoms with Crippen molar-refractivity contribution in [1.82, 2.24) is 10.2 Å². The number of hydrogen-bond acceptors (Lipinski definition) is 4. The van der Waals surface area contributed by atoms with Gasteiger partial charge in [-0.3, -0.25) is 13.9 Å². The Morgan fingerprint density at radius 2 is 1.51 bits per heavy atom. The zero-order valence-corrected chi connectivity index (χ0v) is 24.7. The molecule has 3 rings (SSSR count). The van der Waals surface area contributed by atoms with Gasteiger partial charge in [0.05, 0.1) is 10.6 Å². The highest BCUT2D eigenvalue weighted by Crippen LogP contribution is 2.31. The first-order chi connectivity index (χ1) is 18.5. The van der Waals surface area contributed by atoms with E-state index in [2.05, 4.69) is 5.32 Å². The molecule has 0 saturated heterocycles. The molecule has 208 valence electrons. The molecule has 1 unspecified atom stereocenters. The number of amides is 2. The van der Waals surface area contributed by atoms with Crippen molar-refractivity contribution in [1.29, 1.82) is 0 Å². The van der Waals surface area contributed by atoms with E-state index in [0.717, 1.165) is 4.31 Å². The van der Waals surface area contributed by atoms with Crippen molar-refractivity contribution in [3.63, 3.8) is 0 Å². The molecule has 2 amide bonds. The minimum atomic E-state index is -4.17. The molecule has 10 heteroatoms. The highest BCUT2D eigenvalue weighted by atomic mass is 35.5. The van der Waals surface area contributed by atoms with E-state index in [1.807, 2.05) is 13.8 Å². The lowest BCUT2D eigenvalue weighted by molar-refractivity contribution is -0.140. The minimum absolute atomic E-state index is 0.0241. The largest absolute Gasteiger partial charge is 0.352 e. The molecular weight excluding hydrogens is 557 g/mol. The second-order valence-electron chi connectivity index (χ2n) is 9.41. The fourth-order valence-corrected chi connectivity index (χ4v) is 6.07. The zero-order valence-electron chi connectivity index (χ0n) is 22.4. The van der Waals surface area contributed by atoms with Crippen LogP contribution in [-0.4, -0.2) is 43.8 Å². The van der Waals surface area contributed by atoms with Crippen LogP contribution in [0, 0.1) is 6.92 Å². The highest BCUT2D eigenvalue weighted by Gasteiger charge is 2.34. The van der Waals surface area contributed by atoms with Crippen LogP contribution in [0.3, 0.4) is 0 Å². The van der Waals surface area contributed by atoms with Crippen molar-refractivity contribution < 1.29 is 18.0 Å². The van der Waals surface area contributed by atoms with Crippen LogP contribution >= 0.6 is 23.2 Å². The van der Waals surface area contributed by atoms with Crippen molar-refractivity contribution in [2.45, 2.75) is 57.6 Å². The molecule has 7 nitrogen and oxygen atoms in total. The molecule has 39 heavy (non-hydrogen) atoms. The minimum Gasteiger partial charge on any atom is -0.352 e. The van der Waals surface area contributed by atoms with Gasteiger partial charge in [0.15, 0.2) is 0 Å². The summed E-state index contributed by atoms with van der Waals surface area (Å²) in [4.78, 5) is 28.7. The smallest absolute Gasteiger partial charge is 0.264 e. The number of rotatable bonds is 11. The molecule has 0 aliphatic rings. The summed E-state index contributed by atoms with van der Waals surface area (Å²) >= 11 is 12.8. The fourth-order valence-electron chi connectivity index (χ4n) is 4.21. The van der Waals surface area contributed by atoms with Gasteiger partial charge >= 0.3 is 0 Å². The van der Waals surface area contributed by atoms with Crippen molar-refractivity contribution >= 4 is 50.7 Å². The van der Waals surface area contributed by atoms with Crippen molar-refractivity contribution in [2.75, 3.05) is 10.8 Å². The maximum absolute atomic E-state index is 14.1. The predicted molar refractivity (Wildman–Crippen MR) is 157 cm³/mol. The third-order valence-electron chi connectivity index (χ3n) is 6.23. The number of carbonyl (C=O) groups is 2. The lowest BCUT2D eigenvalue weighted by atomic mass is 10.1. The summed E-state index contributed by atoms with van der Waals surface area (Å²) in [7, 11) is -4.17. The standard InChI is InChI=1S/C29H33Cl2N3O4S/c1-5-26(29(36)32-20(2)3)33(18-22-12-9-10-15-25(22)31)28(35)19-34(27-17-11-16-24(30)21(27)4)39(37,38)23-13-7-6-8-14-23/h6-17,20,26H,5,18-19H2,1-4H3,(H,32,36). The first-order valence-electron chi connectivity index (χ1n) is 12.6. The Morgan fingerprint density at radius 3 is 2.13 bits per heavy atom. The number of halogens is 2. The van der Waals surface area contributed by atoms with Gasteiger partial charge in [-0.15, -0.1) is 0 Å². The molecule has 0 bridgehead atoms. The van der Waals surface area contributed by atoms with E-state index >= 15 is 0 Å². The topological polar surface area (TPSA) is 86.8 Å². The van der Waals surface area contributed by atoms with E-state index in [-0.39, 0.29) is 29.1 Å². The van der Waals surface area contributed by atoms with E-state index < -0.39 is 28.5 Å². The van der Waals surface area contributed by atoms with Crippen molar-refractivity contribution in [2.24, 2.45) is 0 Å². The zero-order chi connectivity index (χ0) is 28.7. The SMILES string of the molecule is CCC(C(=O)NC(C)C)N(Cc1ccccc1Cl)C(=O)CN(c1cccc(Cl)c1C)S(=O)(=O)c1ccccc1. The van der Waals surface area contributed by atoms with Gasteiger partial charge in [0, 0.05) is 22.6 Å². The third kappa shape index (κ3) is 7.32. The van der Waals surface area contributed by atoms with E-state index in [1.54, 1.807) is 74.5 Å². The number of nitrogens with one attached hydrogen (secondary N) is 1. The Bertz CT molecular complexity index is 1420. The summed E-state index contributed by atoms with van der Waals surface area (Å²) in [5.41, 5.74) is 1.42. The number of benzene rings is 3. The van der Waals surface area contributed by atoms with E-state index in [1.165, 1.54) is 17.0 Å². The predicted octanol–water partition coefficient (Wildman–Crippen LogP) is 5.83. The van der Waals surface area contributed by atoms with Gasteiger partial charge in [-0.25, -0.2) is 8.42 Å². The molecule has 0 heterocycles. The van der Waals surface area contributed by atoms with Crippen LogP contribution in [-0.2, 0) is 26.2 Å². The van der Waals surface area contributed by atoms with Gasteiger partial charge in [-0.2, -0.15) is 0 Å². The Hall–Kier alpha value is -3.07. The van der Waals surface area contributed by atoms with Gasteiger partial charge in [-0.1, -0.05) is 72.6 Å². The monoisotopic (exact) mass is 589 g/mol. The molecule has 0 fully saturated rings. The number of carbonyl (C=O) groups excluding carboxylic acids is 2. The Labute approximate surface area is 240 Å². The van der Waals surface area contributed by atoms with Crippen LogP contribution in [0.25, 0.3) is 0 Å². The average molecular weight is 591 g/mol. The Morgan fingerprint density at radius 1 is 0.897 bits per heavy atom. The lowest BCUT2D eigenvalue weighted by Crippen LogP contribution is -2.53. The van der Waals surface area contributed by atoms with Gasteiger partial charge in [0.25, 0.3) is 10.0 Å². The summed E-state index contributed by atoms with van der Waals surface area (Å²) in [6, 6.07) is 18.8. The molecule has 0 spiro atoms. The number of hydrogen-bond donors (Lipinski definition) is 1. The van der Waals surface area contributed by atoms with Crippen LogP contribution in [0.15, 0.2) is 77.7 Å². The highest BCUT2D eigenvalue weighted by molar-refractivity contribution is 7.92. The molecule has 0 aliphatic carbocycles. The lowest BCUT2D eigenvalue weighted by Gasteiger charge is -2.34. The summed E-state index contributed by atoms with van der Waals surface area (Å²) in [5, 5.41) is 3.68. The molecule has 0 saturated carbocycles. The van der Waals surface area contributed by atoms with E-state index in [9.17, 15) is 18.0 Å². The van der Waals surface area contributed by atoms with E-state index in [0.29, 0.717) is 27.6 Å². The number of anilines is 1. The summed E-state index contributed by atoms with van der Waals surface area (Å²) < 4.78 is 28.8. The quantitative estimate of drug-likeness (QED) is 0.305.